The van der Waals surface area contributed by atoms with Gasteiger partial charge in [0.1, 0.15) is 0 Å². The number of hydrazone groups is 1. The topological polar surface area (TPSA) is 56.1 Å². The van der Waals surface area contributed by atoms with E-state index in [0.717, 1.165) is 28.9 Å². The molecule has 0 saturated heterocycles. The second-order valence-corrected chi connectivity index (χ2v) is 7.01. The summed E-state index contributed by atoms with van der Waals surface area (Å²) in [6.07, 6.45) is 0.725. The average Bonchev–Trinajstić information content (AvgIpc) is 3.10. The van der Waals surface area contributed by atoms with Crippen LogP contribution < -0.4 is 5.01 Å². The Kier molecular flexibility index (Phi) is 4.32. The van der Waals surface area contributed by atoms with Crippen LogP contribution in [0.3, 0.4) is 0 Å². The highest BCUT2D eigenvalue weighted by Crippen LogP contribution is 2.39. The maximum absolute atomic E-state index is 9.97. The van der Waals surface area contributed by atoms with E-state index in [1.807, 2.05) is 23.2 Å². The highest BCUT2D eigenvalue weighted by Gasteiger charge is 2.30. The van der Waals surface area contributed by atoms with Gasteiger partial charge in [0.05, 0.1) is 17.4 Å². The molecule has 1 unspecified atom stereocenters. The van der Waals surface area contributed by atoms with Crippen LogP contribution in [0.25, 0.3) is 0 Å². The third-order valence-corrected chi connectivity index (χ3v) is 5.05. The molecule has 0 radical (unpaired) electrons. The first-order valence-electron chi connectivity index (χ1n) is 9.04. The summed E-state index contributed by atoms with van der Waals surface area (Å²) in [5.74, 6) is -0.223. The molecule has 4 nitrogen and oxygen atoms in total. The van der Waals surface area contributed by atoms with Gasteiger partial charge in [0.15, 0.2) is 11.5 Å². The third-order valence-electron chi connectivity index (χ3n) is 5.05. The standard InChI is InChI=1S/C23H22N2O2/c1-15-7-10-18(11-8-15)25-21(17-9-12-22(26)23(27)13-17)14-20(24-25)19-6-4-3-5-16(19)2/h3-13,21,26-27H,14H2,1-2H3. The number of anilines is 1. The fourth-order valence-electron chi connectivity index (χ4n) is 3.51. The van der Waals surface area contributed by atoms with Crippen molar-refractivity contribution in [3.05, 3.63) is 89.0 Å². The van der Waals surface area contributed by atoms with E-state index in [0.29, 0.717) is 0 Å². The molecule has 0 aliphatic carbocycles. The van der Waals surface area contributed by atoms with E-state index in [4.69, 9.17) is 5.10 Å². The largest absolute Gasteiger partial charge is 0.504 e. The molecule has 1 aliphatic rings. The molecule has 0 bridgehead atoms. The summed E-state index contributed by atoms with van der Waals surface area (Å²) in [5.41, 5.74) is 6.46. The van der Waals surface area contributed by atoms with E-state index in [9.17, 15) is 10.2 Å². The molecule has 1 heterocycles. The zero-order valence-electron chi connectivity index (χ0n) is 15.4. The van der Waals surface area contributed by atoms with Crippen molar-refractivity contribution in [2.75, 3.05) is 5.01 Å². The lowest BCUT2D eigenvalue weighted by Crippen LogP contribution is -2.18. The minimum absolute atomic E-state index is 0.0474. The molecule has 2 N–H and O–H groups in total. The quantitative estimate of drug-likeness (QED) is 0.643. The summed E-state index contributed by atoms with van der Waals surface area (Å²) in [6.45, 7) is 4.15. The van der Waals surface area contributed by atoms with E-state index < -0.39 is 0 Å². The van der Waals surface area contributed by atoms with Crippen molar-refractivity contribution in [3.8, 4) is 11.5 Å². The summed E-state index contributed by atoms with van der Waals surface area (Å²) in [4.78, 5) is 0. The molecule has 1 aliphatic heterocycles. The predicted molar refractivity (Wildman–Crippen MR) is 109 cm³/mol. The van der Waals surface area contributed by atoms with Crippen molar-refractivity contribution in [1.29, 1.82) is 0 Å². The van der Waals surface area contributed by atoms with Crippen molar-refractivity contribution in [1.82, 2.24) is 0 Å². The first kappa shape index (κ1) is 17.2. The predicted octanol–water partition coefficient (Wildman–Crippen LogP) is 5.07. The van der Waals surface area contributed by atoms with Gasteiger partial charge < -0.3 is 10.2 Å². The van der Waals surface area contributed by atoms with Gasteiger partial charge in [0, 0.05) is 12.0 Å². The Morgan fingerprint density at radius 1 is 0.889 bits per heavy atom. The molecule has 0 spiro atoms. The first-order chi connectivity index (χ1) is 13.0. The zero-order valence-corrected chi connectivity index (χ0v) is 15.4. The maximum Gasteiger partial charge on any atom is 0.157 e. The van der Waals surface area contributed by atoms with E-state index in [2.05, 4.69) is 50.2 Å². The van der Waals surface area contributed by atoms with E-state index >= 15 is 0 Å². The van der Waals surface area contributed by atoms with Crippen LogP contribution in [0.2, 0.25) is 0 Å². The number of rotatable bonds is 3. The molecule has 0 fully saturated rings. The van der Waals surface area contributed by atoms with Crippen LogP contribution in [0.4, 0.5) is 5.69 Å². The number of phenols is 2. The number of hydrogen-bond donors (Lipinski definition) is 2. The fraction of sp³-hybridized carbons (Fsp3) is 0.174. The van der Waals surface area contributed by atoms with Crippen LogP contribution in [-0.4, -0.2) is 15.9 Å². The summed E-state index contributed by atoms with van der Waals surface area (Å²) in [5, 5.41) is 26.6. The first-order valence-corrected chi connectivity index (χ1v) is 9.04. The fourth-order valence-corrected chi connectivity index (χ4v) is 3.51. The molecule has 3 aromatic carbocycles. The highest BCUT2D eigenvalue weighted by molar-refractivity contribution is 6.04. The lowest BCUT2D eigenvalue weighted by Gasteiger charge is -2.24. The van der Waals surface area contributed by atoms with Crippen molar-refractivity contribution < 1.29 is 10.2 Å². The van der Waals surface area contributed by atoms with Crippen molar-refractivity contribution >= 4 is 11.4 Å². The summed E-state index contributed by atoms with van der Waals surface area (Å²) in [7, 11) is 0. The molecule has 3 aromatic rings. The average molecular weight is 358 g/mol. The van der Waals surface area contributed by atoms with Crippen LogP contribution >= 0.6 is 0 Å². The summed E-state index contributed by atoms with van der Waals surface area (Å²) >= 11 is 0. The van der Waals surface area contributed by atoms with E-state index in [1.165, 1.54) is 17.2 Å². The summed E-state index contributed by atoms with van der Waals surface area (Å²) in [6, 6.07) is 21.5. The van der Waals surface area contributed by atoms with Crippen LogP contribution in [0.1, 0.15) is 34.7 Å². The van der Waals surface area contributed by atoms with Crippen LogP contribution in [0.15, 0.2) is 71.8 Å². The molecule has 4 heteroatoms. The van der Waals surface area contributed by atoms with Gasteiger partial charge in [0.25, 0.3) is 0 Å². The molecule has 0 saturated carbocycles. The molecule has 0 aromatic heterocycles. The Balaban J connectivity index is 1.79. The Labute approximate surface area is 159 Å². The second-order valence-electron chi connectivity index (χ2n) is 7.01. The van der Waals surface area contributed by atoms with Crippen molar-refractivity contribution in [2.45, 2.75) is 26.3 Å². The highest BCUT2D eigenvalue weighted by atomic mass is 16.3. The van der Waals surface area contributed by atoms with Gasteiger partial charge >= 0.3 is 0 Å². The van der Waals surface area contributed by atoms with Gasteiger partial charge in [-0.2, -0.15) is 5.10 Å². The molecular formula is C23H22N2O2. The lowest BCUT2D eigenvalue weighted by molar-refractivity contribution is 0.402. The zero-order chi connectivity index (χ0) is 19.0. The molecule has 0 amide bonds. The Hall–Kier alpha value is -3.27. The SMILES string of the molecule is Cc1ccc(N2N=C(c3ccccc3C)CC2c2ccc(O)c(O)c2)cc1. The number of benzene rings is 3. The number of hydrogen-bond acceptors (Lipinski definition) is 4. The van der Waals surface area contributed by atoms with Gasteiger partial charge in [-0.15, -0.1) is 0 Å². The Bertz CT molecular complexity index is 1010. The van der Waals surface area contributed by atoms with Gasteiger partial charge in [-0.1, -0.05) is 48.0 Å². The van der Waals surface area contributed by atoms with Crippen LogP contribution in [0.5, 0.6) is 11.5 Å². The monoisotopic (exact) mass is 358 g/mol. The number of aryl methyl sites for hydroxylation is 2. The van der Waals surface area contributed by atoms with Crippen molar-refractivity contribution in [2.24, 2.45) is 5.10 Å². The molecule has 136 valence electrons. The Morgan fingerprint density at radius 3 is 2.33 bits per heavy atom. The third kappa shape index (κ3) is 3.26. The van der Waals surface area contributed by atoms with E-state index in [1.54, 1.807) is 6.07 Å². The number of phenolic OH excluding ortho intramolecular Hbond substituents is 2. The smallest absolute Gasteiger partial charge is 0.157 e. The Morgan fingerprint density at radius 2 is 1.63 bits per heavy atom. The van der Waals surface area contributed by atoms with Crippen LogP contribution in [-0.2, 0) is 0 Å². The second kappa shape index (κ2) is 6.80. The summed E-state index contributed by atoms with van der Waals surface area (Å²) < 4.78 is 0. The molecule has 4 rings (SSSR count). The van der Waals surface area contributed by atoms with Gasteiger partial charge in [-0.3, -0.25) is 5.01 Å². The molecule has 27 heavy (non-hydrogen) atoms. The van der Waals surface area contributed by atoms with Gasteiger partial charge in [-0.25, -0.2) is 0 Å². The lowest BCUT2D eigenvalue weighted by atomic mass is 9.96. The van der Waals surface area contributed by atoms with E-state index in [-0.39, 0.29) is 17.5 Å². The number of aromatic hydroxyl groups is 2. The minimum Gasteiger partial charge on any atom is -0.504 e. The van der Waals surface area contributed by atoms with Crippen LogP contribution in [0, 0.1) is 13.8 Å². The molecule has 1 atom stereocenters. The van der Waals surface area contributed by atoms with Gasteiger partial charge in [0.2, 0.25) is 0 Å². The molecular weight excluding hydrogens is 336 g/mol. The normalized spacial score (nSPS) is 16.4. The maximum atomic E-state index is 9.97. The van der Waals surface area contributed by atoms with Gasteiger partial charge in [-0.05, 0) is 49.2 Å². The minimum atomic E-state index is -0.112. The number of nitrogens with zero attached hydrogens (tertiary/aromatic N) is 2. The van der Waals surface area contributed by atoms with Crippen molar-refractivity contribution in [3.63, 3.8) is 0 Å².